The molecule has 2 fully saturated rings. The Labute approximate surface area is 409 Å². The maximum atomic E-state index is 7.25. The summed E-state index contributed by atoms with van der Waals surface area (Å²) in [5, 5.41) is 0. The number of pyridine rings is 1. The minimum atomic E-state index is -1.22. The molecular formula is C55H66BFeN6O4-. The molecule has 0 spiro atoms. The maximum absolute atomic E-state index is 7.25. The largest absolute Gasteiger partial charge is 0.381 e. The topological polar surface area (TPSA) is 138 Å². The Morgan fingerprint density at radius 2 is 0.925 bits per heavy atom. The number of hydrogen-bond donors (Lipinski definition) is 0. The van der Waals surface area contributed by atoms with Crippen molar-refractivity contribution < 1.29 is 26.5 Å². The van der Waals surface area contributed by atoms with Crippen LogP contribution in [0.1, 0.15) is 88.7 Å². The molecule has 1 aromatic heterocycles. The Morgan fingerprint density at radius 3 is 1.30 bits per heavy atom. The number of ether oxygens (including phenoxy) is 2. The van der Waals surface area contributed by atoms with Gasteiger partial charge in [0.1, 0.15) is 17.3 Å². The van der Waals surface area contributed by atoms with Crippen molar-refractivity contribution in [1.29, 1.82) is 0 Å². The van der Waals surface area contributed by atoms with Crippen LogP contribution in [-0.4, -0.2) is 80.1 Å². The van der Waals surface area contributed by atoms with E-state index in [0.717, 1.165) is 81.1 Å². The first kappa shape index (κ1) is 55.6. The van der Waals surface area contributed by atoms with Gasteiger partial charge in [0.15, 0.2) is 0 Å². The molecule has 0 amide bonds. The van der Waals surface area contributed by atoms with Crippen molar-refractivity contribution in [2.24, 2.45) is 9.98 Å². The minimum Gasteiger partial charge on any atom is -0.381 e. The first-order valence-corrected chi connectivity index (χ1v) is 23.1. The van der Waals surface area contributed by atoms with Crippen molar-refractivity contribution in [3.63, 3.8) is 0 Å². The van der Waals surface area contributed by atoms with Crippen LogP contribution in [0.5, 0.6) is 0 Å². The zero-order valence-electron chi connectivity index (χ0n) is 40.0. The Bertz CT molecular complexity index is 2150. The number of rotatable bonds is 12. The number of nitroso groups, excluding NO2 is 2. The monoisotopic (exact) mass is 941 g/mol. The van der Waals surface area contributed by atoms with Gasteiger partial charge in [0.2, 0.25) is 0 Å². The second-order valence-corrected chi connectivity index (χ2v) is 16.9. The van der Waals surface area contributed by atoms with Crippen LogP contribution in [0.4, 0.5) is 5.69 Å². The predicted molar refractivity (Wildman–Crippen MR) is 276 cm³/mol. The Morgan fingerprint density at radius 1 is 0.552 bits per heavy atom. The fraction of sp³-hybridized carbons (Fsp3) is 0.327. The van der Waals surface area contributed by atoms with Crippen LogP contribution in [0.15, 0.2) is 168 Å². The summed E-state index contributed by atoms with van der Waals surface area (Å²) in [5.74, 6) is 0.834. The summed E-state index contributed by atoms with van der Waals surface area (Å²) in [6, 6.07) is 56.2. The number of hydrogen-bond acceptors (Lipinski definition) is 8. The van der Waals surface area contributed by atoms with Crippen LogP contribution < -0.4 is 33.0 Å². The van der Waals surface area contributed by atoms with E-state index < -0.39 is 6.15 Å². The van der Waals surface area contributed by atoms with Gasteiger partial charge in [-0.3, -0.25) is 14.9 Å². The predicted octanol–water partition coefficient (Wildman–Crippen LogP) is 8.57. The van der Waals surface area contributed by atoms with Gasteiger partial charge in [-0.15, -0.1) is 9.81 Å². The van der Waals surface area contributed by atoms with Gasteiger partial charge in [0, 0.05) is 49.9 Å². The fourth-order valence-electron chi connectivity index (χ4n) is 8.60. The van der Waals surface area contributed by atoms with Crippen molar-refractivity contribution in [1.82, 2.24) is 21.1 Å². The Hall–Kier alpha value is -5.75. The number of morpholine rings is 1. The molecule has 12 heteroatoms. The second-order valence-electron chi connectivity index (χ2n) is 16.9. The van der Waals surface area contributed by atoms with Crippen LogP contribution in [0.25, 0.3) is 0 Å². The molecule has 0 unspecified atom stereocenters. The summed E-state index contributed by atoms with van der Waals surface area (Å²) in [5.41, 5.74) is 24.2. The molecule has 10 nitrogen and oxygen atoms in total. The van der Waals surface area contributed by atoms with Gasteiger partial charge in [-0.05, 0) is 61.8 Å². The van der Waals surface area contributed by atoms with Gasteiger partial charge in [-0.2, -0.15) is 21.9 Å². The first-order chi connectivity index (χ1) is 32.3. The maximum Gasteiger partial charge on any atom is 0.120 e. The van der Waals surface area contributed by atoms with Gasteiger partial charge < -0.3 is 9.47 Å². The average molecular weight is 942 g/mol. The van der Waals surface area contributed by atoms with E-state index in [1.165, 1.54) is 45.8 Å². The molecule has 2 radical (unpaired) electrons. The fourth-order valence-corrected chi connectivity index (χ4v) is 8.60. The summed E-state index contributed by atoms with van der Waals surface area (Å²) >= 11 is 0. The summed E-state index contributed by atoms with van der Waals surface area (Å²) in [6.45, 7) is 20.4. The third-order valence-corrected chi connectivity index (χ3v) is 12.0. The molecule has 2 saturated heterocycles. The third-order valence-electron chi connectivity index (χ3n) is 12.0. The van der Waals surface area contributed by atoms with Gasteiger partial charge in [0.05, 0.1) is 48.3 Å². The van der Waals surface area contributed by atoms with Gasteiger partial charge in [-0.1, -0.05) is 173 Å². The molecule has 5 aromatic carbocycles. The molecular weight excluding hydrogens is 875 g/mol. The van der Waals surface area contributed by atoms with Crippen molar-refractivity contribution in [3.8, 4) is 0 Å². The summed E-state index contributed by atoms with van der Waals surface area (Å²) in [6.07, 6.45) is 1.34. The van der Waals surface area contributed by atoms with Crippen molar-refractivity contribution >= 4 is 45.1 Å². The smallest absolute Gasteiger partial charge is 0.120 e. The SMILES string of the molecule is C1CCOC1.CC(=NCCN1CCOCC1)c1cccc(C(C)=Nc2c(C(C)C)cccc2C(C)C)n1.[Fe].[N]=O.[N]=O.c1ccc([B-](c2ccccc2)(c2ccccc2)c2ccccc2)cc1. The van der Waals surface area contributed by atoms with Crippen LogP contribution in [-0.2, 0) is 26.5 Å². The van der Waals surface area contributed by atoms with Crippen LogP contribution in [0.3, 0.4) is 0 Å². The van der Waals surface area contributed by atoms with Crippen molar-refractivity contribution in [3.05, 3.63) is 190 Å². The molecule has 2 aliphatic rings. The molecule has 2 aliphatic heterocycles. The molecule has 0 atom stereocenters. The van der Waals surface area contributed by atoms with Crippen LogP contribution >= 0.6 is 0 Å². The number of para-hydroxylation sites is 1. The zero-order valence-corrected chi connectivity index (χ0v) is 41.1. The Kier molecular flexibility index (Phi) is 25.3. The number of benzene rings is 5. The second kappa shape index (κ2) is 30.5. The molecule has 0 N–H and O–H groups in total. The van der Waals surface area contributed by atoms with E-state index in [1.54, 1.807) is 0 Å². The first-order valence-electron chi connectivity index (χ1n) is 23.1. The molecule has 352 valence electrons. The van der Waals surface area contributed by atoms with Crippen molar-refractivity contribution in [2.45, 2.75) is 66.2 Å². The summed E-state index contributed by atoms with van der Waals surface area (Å²) in [4.78, 5) is 31.7. The third kappa shape index (κ3) is 15.9. The molecule has 6 aromatic rings. The number of nitrogens with zero attached hydrogens (tertiary/aromatic N) is 6. The number of aromatic nitrogens is 1. The molecule has 3 heterocycles. The minimum absolute atomic E-state index is 0. The molecule has 8 rings (SSSR count). The van der Waals surface area contributed by atoms with E-state index in [2.05, 4.69) is 185 Å². The van der Waals surface area contributed by atoms with Crippen molar-refractivity contribution in [2.75, 3.05) is 52.6 Å². The van der Waals surface area contributed by atoms with Gasteiger partial charge in [0.25, 0.3) is 0 Å². The molecule has 0 aliphatic carbocycles. The van der Waals surface area contributed by atoms with Gasteiger partial charge in [-0.25, -0.2) is 4.98 Å². The summed E-state index contributed by atoms with van der Waals surface area (Å²) in [7, 11) is 0. The van der Waals surface area contributed by atoms with E-state index in [-0.39, 0.29) is 17.1 Å². The van der Waals surface area contributed by atoms with Crippen LogP contribution in [0.2, 0.25) is 0 Å². The van der Waals surface area contributed by atoms with E-state index >= 15 is 0 Å². The number of aliphatic imine (C=N–C) groups is 2. The molecule has 67 heavy (non-hydrogen) atoms. The van der Waals surface area contributed by atoms with E-state index in [1.807, 2.05) is 19.1 Å². The normalized spacial score (nSPS) is 13.9. The Balaban J connectivity index is 0.000000302. The zero-order chi connectivity index (χ0) is 47.6. The van der Waals surface area contributed by atoms with E-state index in [0.29, 0.717) is 11.8 Å². The van der Waals surface area contributed by atoms with Gasteiger partial charge >= 0.3 is 0 Å². The summed E-state index contributed by atoms with van der Waals surface area (Å²) < 4.78 is 10.4. The standard InChI is InChI=1S/C27H38N4O.C24H20B.C4H8O.Fe.2NO/c1-19(2)23-9-7-10-24(20(3)4)27(23)29-22(6)26-12-8-11-25(30-26)21(5)28-13-14-31-15-17-32-18-16-31;1-5-13-21(14-6-1)25(22-15-7-2-8-16-22,23-17-9-3-10-18-23)24-19-11-4-12-20-24;1-2-4-5-3-1;;2*1-2/h7-12,19-20H,13-18H2,1-6H3;1-20H;1-4H2;;;/q;-1;;;;. The molecule has 0 bridgehead atoms. The molecule has 0 saturated carbocycles. The van der Waals surface area contributed by atoms with E-state index in [4.69, 9.17) is 45.4 Å². The average Bonchev–Trinajstić information content (AvgIpc) is 3.98. The quantitative estimate of drug-likeness (QED) is 0.0891. The van der Waals surface area contributed by atoms with E-state index in [9.17, 15) is 0 Å². The van der Waals surface area contributed by atoms with Crippen LogP contribution in [0, 0.1) is 9.81 Å².